The third-order valence-corrected chi connectivity index (χ3v) is 3.69. The summed E-state index contributed by atoms with van der Waals surface area (Å²) in [5.41, 5.74) is 0.517. The van der Waals surface area contributed by atoms with Crippen molar-refractivity contribution in [1.29, 1.82) is 0 Å². The van der Waals surface area contributed by atoms with Gasteiger partial charge in [0.2, 0.25) is 5.82 Å². The molecule has 0 aliphatic heterocycles. The molecule has 0 bridgehead atoms. The molecule has 19 heavy (non-hydrogen) atoms. The number of amides is 1. The lowest BCUT2D eigenvalue weighted by Gasteiger charge is -2.45. The number of carbonyl (C=O) groups excluding carboxylic acids is 1. The Morgan fingerprint density at radius 2 is 1.84 bits per heavy atom. The van der Waals surface area contributed by atoms with E-state index in [4.69, 9.17) is 0 Å². The van der Waals surface area contributed by atoms with Crippen molar-refractivity contribution in [3.05, 3.63) is 11.6 Å². The van der Waals surface area contributed by atoms with Crippen LogP contribution in [0.4, 0.5) is 0 Å². The molecule has 0 aromatic carbocycles. The molecule has 1 aliphatic rings. The Bertz CT molecular complexity index is 460. The Balaban J connectivity index is 2.04. The molecule has 0 radical (unpaired) electrons. The fourth-order valence-corrected chi connectivity index (χ4v) is 3.64. The normalized spacial score (nSPS) is 22.2. The van der Waals surface area contributed by atoms with Crippen molar-refractivity contribution in [1.82, 2.24) is 20.5 Å². The van der Waals surface area contributed by atoms with Crippen LogP contribution in [-0.4, -0.2) is 27.1 Å². The summed E-state index contributed by atoms with van der Waals surface area (Å²) in [4.78, 5) is 16.2. The third kappa shape index (κ3) is 3.55. The number of rotatable bonds is 2. The lowest BCUT2D eigenvalue weighted by Crippen LogP contribution is -2.46. The van der Waals surface area contributed by atoms with E-state index < -0.39 is 0 Å². The number of aromatic nitrogens is 3. The first-order valence-electron chi connectivity index (χ1n) is 6.87. The van der Waals surface area contributed by atoms with E-state index in [2.05, 4.69) is 48.2 Å². The zero-order valence-electron chi connectivity index (χ0n) is 12.5. The van der Waals surface area contributed by atoms with Crippen molar-refractivity contribution in [3.8, 4) is 0 Å². The molecule has 0 unspecified atom stereocenters. The van der Waals surface area contributed by atoms with Crippen molar-refractivity contribution in [2.75, 3.05) is 0 Å². The number of H-pyrrole nitrogens is 1. The van der Waals surface area contributed by atoms with Crippen LogP contribution in [0, 0.1) is 17.8 Å². The summed E-state index contributed by atoms with van der Waals surface area (Å²) in [7, 11) is 0. The van der Waals surface area contributed by atoms with Crippen molar-refractivity contribution in [3.63, 3.8) is 0 Å². The summed E-state index contributed by atoms with van der Waals surface area (Å²) >= 11 is 0. The van der Waals surface area contributed by atoms with Crippen molar-refractivity contribution in [2.45, 2.75) is 59.9 Å². The number of aromatic amines is 1. The number of nitrogens with one attached hydrogen (secondary N) is 2. The molecule has 0 saturated heterocycles. The molecule has 5 heteroatoms. The van der Waals surface area contributed by atoms with Gasteiger partial charge >= 0.3 is 0 Å². The molecule has 1 fully saturated rings. The summed E-state index contributed by atoms with van der Waals surface area (Å²) in [6, 6.07) is 0.199. The van der Waals surface area contributed by atoms with Gasteiger partial charge in [-0.3, -0.25) is 9.89 Å². The minimum atomic E-state index is -0.178. The quantitative estimate of drug-likeness (QED) is 0.862. The molecule has 1 amide bonds. The second-order valence-corrected chi connectivity index (χ2v) is 7.33. The van der Waals surface area contributed by atoms with Gasteiger partial charge < -0.3 is 5.32 Å². The first kappa shape index (κ1) is 14.0. The number of hydrogen-bond donors (Lipinski definition) is 2. The van der Waals surface area contributed by atoms with E-state index in [0.29, 0.717) is 5.82 Å². The van der Waals surface area contributed by atoms with E-state index >= 15 is 0 Å². The van der Waals surface area contributed by atoms with Crippen LogP contribution in [-0.2, 0) is 0 Å². The number of carbonyl (C=O) groups is 1. The largest absolute Gasteiger partial charge is 0.346 e. The highest BCUT2D eigenvalue weighted by Crippen LogP contribution is 2.45. The van der Waals surface area contributed by atoms with Crippen LogP contribution >= 0.6 is 0 Å². The monoisotopic (exact) mass is 264 g/mol. The standard InChI is InChI=1S/C14H24N4O/c1-9-15-11(18-17-9)12(19)16-10-6-13(2,3)8-14(4,5)7-10/h10H,6-8H2,1-5H3,(H,16,19)(H,15,17,18). The second kappa shape index (κ2) is 4.62. The highest BCUT2D eigenvalue weighted by atomic mass is 16.2. The maximum atomic E-state index is 12.1. The van der Waals surface area contributed by atoms with Crippen molar-refractivity contribution in [2.24, 2.45) is 10.8 Å². The maximum absolute atomic E-state index is 12.1. The molecule has 1 aliphatic carbocycles. The van der Waals surface area contributed by atoms with Gasteiger partial charge in [-0.1, -0.05) is 27.7 Å². The summed E-state index contributed by atoms with van der Waals surface area (Å²) in [5.74, 6) is 0.719. The lowest BCUT2D eigenvalue weighted by molar-refractivity contribution is 0.0707. The zero-order chi connectivity index (χ0) is 14.3. The lowest BCUT2D eigenvalue weighted by atomic mass is 9.63. The van der Waals surface area contributed by atoms with E-state index in [9.17, 15) is 4.79 Å². The van der Waals surface area contributed by atoms with E-state index in [0.717, 1.165) is 12.8 Å². The third-order valence-electron chi connectivity index (χ3n) is 3.69. The first-order chi connectivity index (χ1) is 8.67. The van der Waals surface area contributed by atoms with Gasteiger partial charge in [0.25, 0.3) is 5.91 Å². The minimum absolute atomic E-state index is 0.178. The molecular formula is C14H24N4O. The van der Waals surface area contributed by atoms with E-state index in [-0.39, 0.29) is 28.6 Å². The predicted molar refractivity (Wildman–Crippen MR) is 73.8 cm³/mol. The van der Waals surface area contributed by atoms with Gasteiger partial charge in [0.15, 0.2) is 0 Å². The van der Waals surface area contributed by atoms with E-state index in [1.165, 1.54) is 6.42 Å². The zero-order valence-corrected chi connectivity index (χ0v) is 12.5. The molecule has 0 spiro atoms. The molecule has 1 saturated carbocycles. The molecule has 1 aromatic rings. The minimum Gasteiger partial charge on any atom is -0.346 e. The predicted octanol–water partition coefficient (Wildman–Crippen LogP) is 2.45. The number of nitrogens with zero attached hydrogens (tertiary/aromatic N) is 2. The number of hydrogen-bond acceptors (Lipinski definition) is 3. The van der Waals surface area contributed by atoms with Crippen LogP contribution in [0.3, 0.4) is 0 Å². The Morgan fingerprint density at radius 1 is 1.26 bits per heavy atom. The smallest absolute Gasteiger partial charge is 0.291 e. The Morgan fingerprint density at radius 3 is 2.32 bits per heavy atom. The average molecular weight is 264 g/mol. The Kier molecular flexibility index (Phi) is 3.41. The Hall–Kier alpha value is -1.39. The van der Waals surface area contributed by atoms with Gasteiger partial charge in [-0.25, -0.2) is 4.98 Å². The van der Waals surface area contributed by atoms with Crippen LogP contribution in [0.5, 0.6) is 0 Å². The van der Waals surface area contributed by atoms with Gasteiger partial charge in [-0.2, -0.15) is 0 Å². The molecule has 1 aromatic heterocycles. The van der Waals surface area contributed by atoms with Crippen LogP contribution in [0.2, 0.25) is 0 Å². The summed E-state index contributed by atoms with van der Waals surface area (Å²) in [6.07, 6.45) is 3.20. The molecule has 106 valence electrons. The van der Waals surface area contributed by atoms with Crippen molar-refractivity contribution < 1.29 is 4.79 Å². The van der Waals surface area contributed by atoms with Gasteiger partial charge in [0, 0.05) is 6.04 Å². The highest BCUT2D eigenvalue weighted by molar-refractivity contribution is 5.90. The van der Waals surface area contributed by atoms with Gasteiger partial charge in [-0.15, -0.1) is 5.10 Å². The van der Waals surface area contributed by atoms with Crippen LogP contribution in [0.25, 0.3) is 0 Å². The highest BCUT2D eigenvalue weighted by Gasteiger charge is 2.39. The average Bonchev–Trinajstić information content (AvgIpc) is 2.59. The summed E-state index contributed by atoms with van der Waals surface area (Å²) in [6.45, 7) is 10.9. The molecule has 0 atom stereocenters. The fourth-order valence-electron chi connectivity index (χ4n) is 3.64. The van der Waals surface area contributed by atoms with Crippen molar-refractivity contribution >= 4 is 5.91 Å². The topological polar surface area (TPSA) is 70.7 Å². The second-order valence-electron chi connectivity index (χ2n) is 7.33. The molecule has 5 nitrogen and oxygen atoms in total. The molecule has 2 rings (SSSR count). The SMILES string of the molecule is Cc1nc(C(=O)NC2CC(C)(C)CC(C)(C)C2)n[nH]1. The van der Waals surface area contributed by atoms with Gasteiger partial charge in [-0.05, 0) is 37.0 Å². The Labute approximate surface area is 114 Å². The first-order valence-corrected chi connectivity index (χ1v) is 6.87. The molecule has 1 heterocycles. The fraction of sp³-hybridized carbons (Fsp3) is 0.786. The van der Waals surface area contributed by atoms with E-state index in [1.807, 2.05) is 0 Å². The van der Waals surface area contributed by atoms with Crippen LogP contribution in [0.1, 0.15) is 63.4 Å². The van der Waals surface area contributed by atoms with E-state index in [1.54, 1.807) is 6.92 Å². The molecular weight excluding hydrogens is 240 g/mol. The molecule has 2 N–H and O–H groups in total. The van der Waals surface area contributed by atoms with Gasteiger partial charge in [0.05, 0.1) is 0 Å². The van der Waals surface area contributed by atoms with Crippen LogP contribution in [0.15, 0.2) is 0 Å². The summed E-state index contributed by atoms with van der Waals surface area (Å²) < 4.78 is 0. The van der Waals surface area contributed by atoms with Gasteiger partial charge in [0.1, 0.15) is 5.82 Å². The van der Waals surface area contributed by atoms with Crippen LogP contribution < -0.4 is 5.32 Å². The maximum Gasteiger partial charge on any atom is 0.291 e. The number of aryl methyl sites for hydroxylation is 1. The summed E-state index contributed by atoms with van der Waals surface area (Å²) in [5, 5.41) is 9.68.